The molecule has 3 rings (SSSR count). The van der Waals surface area contributed by atoms with Gasteiger partial charge in [0.2, 0.25) is 0 Å². The van der Waals surface area contributed by atoms with Crippen molar-refractivity contribution in [3.05, 3.63) is 101 Å². The number of hydrogen-bond donors (Lipinski definition) is 0. The minimum atomic E-state index is 0.0588. The van der Waals surface area contributed by atoms with Gasteiger partial charge in [-0.2, -0.15) is 0 Å². The molecule has 0 unspecified atom stereocenters. The summed E-state index contributed by atoms with van der Waals surface area (Å²) in [5, 5.41) is 0. The molecule has 0 aliphatic carbocycles. The molecule has 0 aliphatic rings. The Labute approximate surface area is 149 Å². The summed E-state index contributed by atoms with van der Waals surface area (Å²) in [5.41, 5.74) is 3.95. The lowest BCUT2D eigenvalue weighted by molar-refractivity contribution is 0.0744. The van der Waals surface area contributed by atoms with Crippen LogP contribution in [-0.4, -0.2) is 22.3 Å². The van der Waals surface area contributed by atoms with Gasteiger partial charge in [-0.3, -0.25) is 9.78 Å². The molecule has 25 heavy (non-hydrogen) atoms. The van der Waals surface area contributed by atoms with Crippen molar-refractivity contribution in [3.8, 4) is 0 Å². The summed E-state index contributed by atoms with van der Waals surface area (Å²) in [5.74, 6) is 0.0588. The molecule has 0 bridgehead atoms. The van der Waals surface area contributed by atoms with Gasteiger partial charge in [-0.25, -0.2) is 0 Å². The van der Waals surface area contributed by atoms with E-state index in [0.717, 1.165) is 28.8 Å². The van der Waals surface area contributed by atoms with Crippen molar-refractivity contribution in [1.29, 1.82) is 0 Å². The molecule has 0 aliphatic heterocycles. The molecule has 0 atom stereocenters. The maximum absolute atomic E-state index is 13.0. The average Bonchev–Trinajstić information content (AvgIpc) is 2.66. The Bertz CT molecular complexity index is 816. The van der Waals surface area contributed by atoms with Crippen LogP contribution in [0.3, 0.4) is 0 Å². The molecule has 0 saturated carbocycles. The van der Waals surface area contributed by atoms with Crippen LogP contribution in [0.2, 0.25) is 0 Å². The van der Waals surface area contributed by atoms with Gasteiger partial charge in [0.25, 0.3) is 5.91 Å². The van der Waals surface area contributed by atoms with Crippen LogP contribution in [0.4, 0.5) is 0 Å². The van der Waals surface area contributed by atoms with Crippen molar-refractivity contribution in [2.24, 2.45) is 0 Å². The van der Waals surface area contributed by atoms with E-state index in [-0.39, 0.29) is 5.91 Å². The third-order valence-electron chi connectivity index (χ3n) is 4.13. The van der Waals surface area contributed by atoms with E-state index in [2.05, 4.69) is 17.1 Å². The second-order valence-corrected chi connectivity index (χ2v) is 6.15. The van der Waals surface area contributed by atoms with E-state index >= 15 is 0 Å². The highest BCUT2D eigenvalue weighted by Gasteiger charge is 2.16. The molecule has 0 fully saturated rings. The number of benzene rings is 2. The Balaban J connectivity index is 1.79. The summed E-state index contributed by atoms with van der Waals surface area (Å²) >= 11 is 0. The van der Waals surface area contributed by atoms with Crippen molar-refractivity contribution >= 4 is 5.91 Å². The SMILES string of the molecule is Cc1cccc(C(=O)N(CCc2ccccn2)Cc2ccccc2)c1. The minimum absolute atomic E-state index is 0.0588. The highest BCUT2D eigenvalue weighted by Crippen LogP contribution is 2.13. The van der Waals surface area contributed by atoms with Crippen molar-refractivity contribution in [3.63, 3.8) is 0 Å². The largest absolute Gasteiger partial charge is 0.334 e. The molecular formula is C22H22N2O. The number of pyridine rings is 1. The normalized spacial score (nSPS) is 10.4. The van der Waals surface area contributed by atoms with Gasteiger partial charge in [0, 0.05) is 37.0 Å². The first-order valence-electron chi connectivity index (χ1n) is 8.52. The molecule has 2 aromatic carbocycles. The molecule has 1 amide bonds. The lowest BCUT2D eigenvalue weighted by atomic mass is 10.1. The van der Waals surface area contributed by atoms with E-state index in [9.17, 15) is 4.79 Å². The Morgan fingerprint density at radius 3 is 2.48 bits per heavy atom. The monoisotopic (exact) mass is 330 g/mol. The Morgan fingerprint density at radius 1 is 0.960 bits per heavy atom. The van der Waals surface area contributed by atoms with Gasteiger partial charge in [0.15, 0.2) is 0 Å². The van der Waals surface area contributed by atoms with E-state index in [1.807, 2.05) is 72.5 Å². The lowest BCUT2D eigenvalue weighted by Gasteiger charge is -2.23. The van der Waals surface area contributed by atoms with Gasteiger partial charge < -0.3 is 4.90 Å². The summed E-state index contributed by atoms with van der Waals surface area (Å²) in [6, 6.07) is 23.8. The third kappa shape index (κ3) is 4.77. The van der Waals surface area contributed by atoms with Crippen molar-refractivity contribution in [2.45, 2.75) is 19.9 Å². The van der Waals surface area contributed by atoms with Crippen LogP contribution in [0.15, 0.2) is 79.0 Å². The van der Waals surface area contributed by atoms with E-state index in [0.29, 0.717) is 13.1 Å². The van der Waals surface area contributed by atoms with Gasteiger partial charge in [-0.15, -0.1) is 0 Å². The van der Waals surface area contributed by atoms with Crippen LogP contribution >= 0.6 is 0 Å². The quantitative estimate of drug-likeness (QED) is 0.676. The Hall–Kier alpha value is -2.94. The number of rotatable bonds is 6. The topological polar surface area (TPSA) is 33.2 Å². The zero-order valence-corrected chi connectivity index (χ0v) is 14.4. The molecular weight excluding hydrogens is 308 g/mol. The van der Waals surface area contributed by atoms with Gasteiger partial charge in [0.05, 0.1) is 0 Å². The molecule has 126 valence electrons. The molecule has 1 aromatic heterocycles. The fourth-order valence-corrected chi connectivity index (χ4v) is 2.81. The fourth-order valence-electron chi connectivity index (χ4n) is 2.81. The maximum Gasteiger partial charge on any atom is 0.254 e. The second-order valence-electron chi connectivity index (χ2n) is 6.15. The van der Waals surface area contributed by atoms with Crippen LogP contribution in [-0.2, 0) is 13.0 Å². The third-order valence-corrected chi connectivity index (χ3v) is 4.13. The summed E-state index contributed by atoms with van der Waals surface area (Å²) in [7, 11) is 0. The predicted molar refractivity (Wildman–Crippen MR) is 100 cm³/mol. The van der Waals surface area contributed by atoms with E-state index in [4.69, 9.17) is 0 Å². The molecule has 1 heterocycles. The van der Waals surface area contributed by atoms with Gasteiger partial charge in [-0.05, 0) is 36.8 Å². The second kappa shape index (κ2) is 8.25. The van der Waals surface area contributed by atoms with E-state index in [1.165, 1.54) is 0 Å². The van der Waals surface area contributed by atoms with Crippen molar-refractivity contribution in [1.82, 2.24) is 9.88 Å². The summed E-state index contributed by atoms with van der Waals surface area (Å²) in [6.07, 6.45) is 2.53. The van der Waals surface area contributed by atoms with Crippen molar-refractivity contribution < 1.29 is 4.79 Å². The minimum Gasteiger partial charge on any atom is -0.334 e. The number of carbonyl (C=O) groups is 1. The molecule has 0 spiro atoms. The van der Waals surface area contributed by atoms with Gasteiger partial charge in [-0.1, -0.05) is 54.1 Å². The average molecular weight is 330 g/mol. The first-order chi connectivity index (χ1) is 12.2. The zero-order chi connectivity index (χ0) is 17.5. The number of aryl methyl sites for hydroxylation is 1. The first kappa shape index (κ1) is 16.9. The van der Waals surface area contributed by atoms with Crippen molar-refractivity contribution in [2.75, 3.05) is 6.54 Å². The van der Waals surface area contributed by atoms with Crippen LogP contribution in [0, 0.1) is 6.92 Å². The molecule has 0 saturated heterocycles. The molecule has 3 heteroatoms. The van der Waals surface area contributed by atoms with E-state index in [1.54, 1.807) is 6.20 Å². The summed E-state index contributed by atoms with van der Waals surface area (Å²) in [6.45, 7) is 3.24. The number of nitrogens with zero attached hydrogens (tertiary/aromatic N) is 2. The highest BCUT2D eigenvalue weighted by atomic mass is 16.2. The van der Waals surface area contributed by atoms with Crippen LogP contribution in [0.5, 0.6) is 0 Å². The number of hydrogen-bond acceptors (Lipinski definition) is 2. The number of amides is 1. The smallest absolute Gasteiger partial charge is 0.254 e. The number of aromatic nitrogens is 1. The fraction of sp³-hybridized carbons (Fsp3) is 0.182. The lowest BCUT2D eigenvalue weighted by Crippen LogP contribution is -2.32. The molecule has 0 radical (unpaired) electrons. The summed E-state index contributed by atoms with van der Waals surface area (Å²) < 4.78 is 0. The highest BCUT2D eigenvalue weighted by molar-refractivity contribution is 5.94. The Kier molecular flexibility index (Phi) is 5.57. The summed E-state index contributed by atoms with van der Waals surface area (Å²) in [4.78, 5) is 19.3. The van der Waals surface area contributed by atoms with Crippen LogP contribution in [0.1, 0.15) is 27.2 Å². The molecule has 0 N–H and O–H groups in total. The Morgan fingerprint density at radius 2 is 1.76 bits per heavy atom. The predicted octanol–water partition coefficient (Wildman–Crippen LogP) is 4.28. The van der Waals surface area contributed by atoms with E-state index < -0.39 is 0 Å². The van der Waals surface area contributed by atoms with Crippen LogP contribution < -0.4 is 0 Å². The maximum atomic E-state index is 13.0. The van der Waals surface area contributed by atoms with Crippen LogP contribution in [0.25, 0.3) is 0 Å². The van der Waals surface area contributed by atoms with Gasteiger partial charge >= 0.3 is 0 Å². The zero-order valence-electron chi connectivity index (χ0n) is 14.4. The standard InChI is InChI=1S/C22H22N2O/c1-18-8-7-11-20(16-18)22(25)24(17-19-9-3-2-4-10-19)15-13-21-12-5-6-14-23-21/h2-12,14,16H,13,15,17H2,1H3. The molecule has 3 aromatic rings. The number of carbonyl (C=O) groups excluding carboxylic acids is 1. The first-order valence-corrected chi connectivity index (χ1v) is 8.52. The molecule has 3 nitrogen and oxygen atoms in total. The van der Waals surface area contributed by atoms with Gasteiger partial charge in [0.1, 0.15) is 0 Å².